The molecule has 0 aromatic rings. The van der Waals surface area contributed by atoms with E-state index in [4.69, 9.17) is 9.47 Å². The van der Waals surface area contributed by atoms with Gasteiger partial charge in [0.1, 0.15) is 24.4 Å². The van der Waals surface area contributed by atoms with E-state index in [1.54, 1.807) is 6.08 Å². The fourth-order valence-corrected chi connectivity index (χ4v) is 10.5. The number of unbranched alkanes of at least 4 members (excludes halogenated alkanes) is 43. The van der Waals surface area contributed by atoms with Gasteiger partial charge in [-0.05, 0) is 57.8 Å². The van der Waals surface area contributed by atoms with Crippen molar-refractivity contribution in [2.24, 2.45) is 0 Å². The van der Waals surface area contributed by atoms with Crippen LogP contribution in [-0.4, -0.2) is 87.5 Å². The van der Waals surface area contributed by atoms with Crippen LogP contribution in [0.15, 0.2) is 36.5 Å². The Hall–Kier alpha value is -1.59. The molecule has 1 aliphatic rings. The summed E-state index contributed by atoms with van der Waals surface area (Å²) >= 11 is 0. The minimum absolute atomic E-state index is 0.185. The largest absolute Gasteiger partial charge is 0.394 e. The van der Waals surface area contributed by atoms with E-state index < -0.39 is 49.5 Å². The highest BCUT2D eigenvalue weighted by atomic mass is 16.7. The van der Waals surface area contributed by atoms with E-state index in [9.17, 15) is 30.3 Å². The molecule has 0 aliphatic carbocycles. The van der Waals surface area contributed by atoms with Crippen LogP contribution in [0, 0.1) is 0 Å². The molecule has 0 aromatic carbocycles. The molecule has 75 heavy (non-hydrogen) atoms. The molecule has 9 nitrogen and oxygen atoms in total. The van der Waals surface area contributed by atoms with E-state index in [-0.39, 0.29) is 12.5 Å². The lowest BCUT2D eigenvalue weighted by molar-refractivity contribution is -0.302. The van der Waals surface area contributed by atoms with Crippen LogP contribution in [0.3, 0.4) is 0 Å². The van der Waals surface area contributed by atoms with Gasteiger partial charge in [-0.1, -0.05) is 294 Å². The quantitative estimate of drug-likeness (QED) is 0.0261. The number of hydrogen-bond donors (Lipinski definition) is 6. The van der Waals surface area contributed by atoms with Crippen molar-refractivity contribution < 1.29 is 39.8 Å². The van der Waals surface area contributed by atoms with Crippen molar-refractivity contribution in [2.45, 2.75) is 365 Å². The minimum atomic E-state index is -1.57. The Morgan fingerprint density at radius 3 is 1.12 bits per heavy atom. The average Bonchev–Trinajstić information content (AvgIpc) is 3.41. The molecule has 1 amide bonds. The first-order valence-electron chi connectivity index (χ1n) is 32.7. The van der Waals surface area contributed by atoms with E-state index in [0.717, 1.165) is 38.5 Å². The van der Waals surface area contributed by atoms with E-state index in [1.165, 1.54) is 263 Å². The summed E-state index contributed by atoms with van der Waals surface area (Å²) in [6.07, 6.45) is 66.8. The lowest BCUT2D eigenvalue weighted by Gasteiger charge is -2.40. The topological polar surface area (TPSA) is 149 Å². The van der Waals surface area contributed by atoms with Crippen LogP contribution in [0.2, 0.25) is 0 Å². The second-order valence-corrected chi connectivity index (χ2v) is 22.9. The number of nitrogens with one attached hydrogen (secondary N) is 1. The van der Waals surface area contributed by atoms with E-state index in [1.807, 2.05) is 6.08 Å². The van der Waals surface area contributed by atoms with Gasteiger partial charge in [0.2, 0.25) is 5.91 Å². The lowest BCUT2D eigenvalue weighted by atomic mass is 9.99. The highest BCUT2D eigenvalue weighted by molar-refractivity contribution is 5.76. The summed E-state index contributed by atoms with van der Waals surface area (Å²) in [5.41, 5.74) is 0. The number of aliphatic hydroxyl groups is 5. The van der Waals surface area contributed by atoms with Gasteiger partial charge >= 0.3 is 0 Å². The number of amides is 1. The van der Waals surface area contributed by atoms with Gasteiger partial charge in [-0.15, -0.1) is 0 Å². The van der Waals surface area contributed by atoms with Gasteiger partial charge in [-0.3, -0.25) is 4.79 Å². The highest BCUT2D eigenvalue weighted by Crippen LogP contribution is 2.23. The first kappa shape index (κ1) is 71.4. The predicted molar refractivity (Wildman–Crippen MR) is 318 cm³/mol. The summed E-state index contributed by atoms with van der Waals surface area (Å²) in [7, 11) is 0. The molecule has 1 saturated heterocycles. The normalized spacial score (nSPS) is 19.1. The number of allylic oxidation sites excluding steroid dienone is 5. The molecule has 0 saturated carbocycles. The zero-order chi connectivity index (χ0) is 54.3. The molecule has 0 spiro atoms. The second-order valence-electron chi connectivity index (χ2n) is 22.9. The SMILES string of the molecule is CCCCCCCC/C=C\CCCCCCCCCCCC(=O)NC(COC1OC(CO)C(O)C(O)C1O)C(O)/C=C/CC/C=C/CCCCCCCCCCCCCCCCCCCCCCCCCCCCC. The first-order valence-corrected chi connectivity index (χ1v) is 32.7. The van der Waals surface area contributed by atoms with Crippen molar-refractivity contribution in [3.63, 3.8) is 0 Å². The number of hydrogen-bond acceptors (Lipinski definition) is 8. The number of aliphatic hydroxyl groups excluding tert-OH is 5. The van der Waals surface area contributed by atoms with Crippen molar-refractivity contribution in [3.05, 3.63) is 36.5 Å². The Morgan fingerprint density at radius 1 is 0.440 bits per heavy atom. The molecule has 0 aromatic heterocycles. The lowest BCUT2D eigenvalue weighted by Crippen LogP contribution is -2.60. The van der Waals surface area contributed by atoms with Gasteiger partial charge in [0.15, 0.2) is 6.29 Å². The molecule has 1 rings (SSSR count). The van der Waals surface area contributed by atoms with Gasteiger partial charge < -0.3 is 40.3 Å². The van der Waals surface area contributed by atoms with Crippen molar-refractivity contribution in [1.82, 2.24) is 5.32 Å². The monoisotopic (exact) mass is 1060 g/mol. The van der Waals surface area contributed by atoms with Gasteiger partial charge in [-0.25, -0.2) is 0 Å². The highest BCUT2D eigenvalue weighted by Gasteiger charge is 2.44. The molecule has 1 fully saturated rings. The van der Waals surface area contributed by atoms with Gasteiger partial charge in [-0.2, -0.15) is 0 Å². The number of ether oxygens (including phenoxy) is 2. The molecular formula is C66H125NO8. The van der Waals surface area contributed by atoms with E-state index in [0.29, 0.717) is 6.42 Å². The summed E-state index contributed by atoms with van der Waals surface area (Å²) in [4.78, 5) is 13.1. The van der Waals surface area contributed by atoms with Crippen LogP contribution >= 0.6 is 0 Å². The van der Waals surface area contributed by atoms with Crippen molar-refractivity contribution >= 4 is 5.91 Å². The van der Waals surface area contributed by atoms with E-state index in [2.05, 4.69) is 43.5 Å². The molecule has 442 valence electrons. The third kappa shape index (κ3) is 44.9. The Labute approximate surface area is 463 Å². The minimum Gasteiger partial charge on any atom is -0.394 e. The van der Waals surface area contributed by atoms with Crippen LogP contribution in [0.25, 0.3) is 0 Å². The van der Waals surface area contributed by atoms with Crippen LogP contribution in [0.5, 0.6) is 0 Å². The predicted octanol–water partition coefficient (Wildman–Crippen LogP) is 17.1. The summed E-state index contributed by atoms with van der Waals surface area (Å²) in [5, 5.41) is 54.6. The molecule has 0 radical (unpaired) electrons. The zero-order valence-electron chi connectivity index (χ0n) is 49.3. The second kappa shape index (κ2) is 55.7. The molecular weight excluding hydrogens is 935 g/mol. The molecule has 1 aliphatic heterocycles. The Bertz CT molecular complexity index is 1270. The molecule has 9 heteroatoms. The average molecular weight is 1060 g/mol. The third-order valence-electron chi connectivity index (χ3n) is 15.7. The van der Waals surface area contributed by atoms with Gasteiger partial charge in [0, 0.05) is 6.42 Å². The summed E-state index contributed by atoms with van der Waals surface area (Å²) in [5.74, 6) is -0.185. The van der Waals surface area contributed by atoms with Gasteiger partial charge in [0.05, 0.1) is 25.4 Å². The van der Waals surface area contributed by atoms with Crippen LogP contribution < -0.4 is 5.32 Å². The van der Waals surface area contributed by atoms with E-state index >= 15 is 0 Å². The first-order chi connectivity index (χ1) is 36.8. The maximum Gasteiger partial charge on any atom is 0.220 e. The summed E-state index contributed by atoms with van der Waals surface area (Å²) in [6, 6.07) is -0.823. The van der Waals surface area contributed by atoms with Crippen molar-refractivity contribution in [1.29, 1.82) is 0 Å². The Morgan fingerprint density at radius 2 is 0.760 bits per heavy atom. The molecule has 6 N–H and O–H groups in total. The molecule has 7 atom stereocenters. The fourth-order valence-electron chi connectivity index (χ4n) is 10.5. The van der Waals surface area contributed by atoms with Crippen molar-refractivity contribution in [3.8, 4) is 0 Å². The standard InChI is InChI=1S/C66H125NO8/c1-3-5-7-9-11-13-15-17-19-21-23-24-25-26-27-28-29-30-31-32-33-34-35-36-38-39-41-43-45-47-49-51-53-55-60(69)59(58-74-66-65(73)64(72)63(71)61(57-68)75-66)67-62(70)56-54-52-50-48-46-44-42-40-37-22-20-18-16-14-12-10-8-6-4-2/h18,20,45,47,53,55,59-61,63-66,68-69,71-73H,3-17,19,21-44,46,48-52,54,56-58H2,1-2H3,(H,67,70)/b20-18-,47-45+,55-53+. The maximum atomic E-state index is 13.1. The maximum absolute atomic E-state index is 13.1. The van der Waals surface area contributed by atoms with Crippen LogP contribution in [0.1, 0.15) is 322 Å². The summed E-state index contributed by atoms with van der Waals surface area (Å²) in [6.45, 7) is 3.80. The molecule has 0 bridgehead atoms. The third-order valence-corrected chi connectivity index (χ3v) is 15.7. The summed E-state index contributed by atoms with van der Waals surface area (Å²) < 4.78 is 11.3. The number of rotatable bonds is 57. The smallest absolute Gasteiger partial charge is 0.220 e. The van der Waals surface area contributed by atoms with Crippen molar-refractivity contribution in [2.75, 3.05) is 13.2 Å². The number of carbonyl (C=O) groups is 1. The van der Waals surface area contributed by atoms with Crippen LogP contribution in [0.4, 0.5) is 0 Å². The Kier molecular flexibility index (Phi) is 53.1. The fraction of sp³-hybridized carbons (Fsp3) is 0.894. The molecule has 7 unspecified atom stereocenters. The van der Waals surface area contributed by atoms with Crippen LogP contribution in [-0.2, 0) is 14.3 Å². The molecule has 1 heterocycles. The Balaban J connectivity index is 2.15. The number of carbonyl (C=O) groups excluding carboxylic acids is 1. The zero-order valence-corrected chi connectivity index (χ0v) is 49.3. The van der Waals surface area contributed by atoms with Gasteiger partial charge in [0.25, 0.3) is 0 Å².